The summed E-state index contributed by atoms with van der Waals surface area (Å²) in [5, 5.41) is 18.9. The number of aromatic nitrogens is 2. The molecule has 1 aliphatic rings. The normalized spacial score (nSPS) is 16.2. The van der Waals surface area contributed by atoms with Gasteiger partial charge in [-0.2, -0.15) is 5.10 Å². The standard InChI is InChI=1S/C19H26N6O/c1-3-13-6-12(7-14-10-23-24-18(13)14)8-17(22-2)19(26)25-5-4-16(21)15(9-20)11-25/h6-7,9-10,17,20,22H,3-5,8,11,21H2,1-2H3,(H,23,24). The number of carbonyl (C=O) groups is 1. The van der Waals surface area contributed by atoms with Crippen LogP contribution in [0.15, 0.2) is 29.6 Å². The number of rotatable bonds is 6. The highest BCUT2D eigenvalue weighted by molar-refractivity contribution is 5.86. The Hall–Kier alpha value is -2.67. The third kappa shape index (κ3) is 3.48. The van der Waals surface area contributed by atoms with Gasteiger partial charge >= 0.3 is 0 Å². The zero-order valence-electron chi connectivity index (χ0n) is 15.3. The van der Waals surface area contributed by atoms with Gasteiger partial charge in [0.25, 0.3) is 0 Å². The number of amides is 1. The van der Waals surface area contributed by atoms with Crippen LogP contribution in [0.1, 0.15) is 24.5 Å². The van der Waals surface area contributed by atoms with Crippen LogP contribution in [0.5, 0.6) is 0 Å². The van der Waals surface area contributed by atoms with E-state index in [0.717, 1.165) is 28.5 Å². The molecule has 1 aromatic carbocycles. The molecule has 1 unspecified atom stereocenters. The summed E-state index contributed by atoms with van der Waals surface area (Å²) in [6.07, 6.45) is 5.21. The number of likely N-dealkylation sites (N-methyl/N-ethyl adjacent to an activating group) is 1. The molecule has 1 aliphatic heterocycles. The van der Waals surface area contributed by atoms with Crippen LogP contribution in [0, 0.1) is 5.41 Å². The van der Waals surface area contributed by atoms with Crippen LogP contribution in [-0.2, 0) is 17.6 Å². The number of nitrogens with zero attached hydrogens (tertiary/aromatic N) is 2. The molecule has 0 spiro atoms. The third-order valence-corrected chi connectivity index (χ3v) is 5.07. The second-order valence-corrected chi connectivity index (χ2v) is 6.69. The Kier molecular flexibility index (Phi) is 5.37. The quantitative estimate of drug-likeness (QED) is 0.587. The maximum absolute atomic E-state index is 13.0. The Morgan fingerprint density at radius 3 is 3.04 bits per heavy atom. The van der Waals surface area contributed by atoms with Crippen LogP contribution >= 0.6 is 0 Å². The molecule has 1 atom stereocenters. The summed E-state index contributed by atoms with van der Waals surface area (Å²) in [5.74, 6) is 0.0460. The molecule has 7 nitrogen and oxygen atoms in total. The van der Waals surface area contributed by atoms with Gasteiger partial charge in [-0.05, 0) is 37.1 Å². The smallest absolute Gasteiger partial charge is 0.240 e. The van der Waals surface area contributed by atoms with Gasteiger partial charge in [0, 0.05) is 42.4 Å². The summed E-state index contributed by atoms with van der Waals surface area (Å²) in [5.41, 5.74) is 10.7. The van der Waals surface area contributed by atoms with Crippen molar-refractivity contribution in [2.75, 3.05) is 20.1 Å². The maximum atomic E-state index is 13.0. The first-order valence-corrected chi connectivity index (χ1v) is 8.96. The minimum Gasteiger partial charge on any atom is -0.402 e. The van der Waals surface area contributed by atoms with Crippen LogP contribution < -0.4 is 11.1 Å². The van der Waals surface area contributed by atoms with Gasteiger partial charge in [0.15, 0.2) is 0 Å². The Bertz CT molecular complexity index is 853. The Labute approximate surface area is 153 Å². The van der Waals surface area contributed by atoms with Gasteiger partial charge in [-0.3, -0.25) is 9.89 Å². The fourth-order valence-corrected chi connectivity index (χ4v) is 3.49. The predicted octanol–water partition coefficient (Wildman–Crippen LogP) is 1.35. The van der Waals surface area contributed by atoms with E-state index in [4.69, 9.17) is 11.1 Å². The van der Waals surface area contributed by atoms with Crippen molar-refractivity contribution >= 4 is 23.0 Å². The molecule has 26 heavy (non-hydrogen) atoms. The lowest BCUT2D eigenvalue weighted by atomic mass is 9.98. The largest absolute Gasteiger partial charge is 0.402 e. The van der Waals surface area contributed by atoms with E-state index in [-0.39, 0.29) is 11.9 Å². The number of carbonyl (C=O) groups excluding carboxylic acids is 1. The van der Waals surface area contributed by atoms with E-state index >= 15 is 0 Å². The summed E-state index contributed by atoms with van der Waals surface area (Å²) in [6.45, 7) is 3.12. The number of benzene rings is 1. The summed E-state index contributed by atoms with van der Waals surface area (Å²) < 4.78 is 0. The molecule has 5 N–H and O–H groups in total. The molecule has 1 amide bonds. The Morgan fingerprint density at radius 2 is 2.35 bits per heavy atom. The number of aromatic amines is 1. The van der Waals surface area contributed by atoms with Crippen molar-refractivity contribution in [1.29, 1.82) is 5.41 Å². The second kappa shape index (κ2) is 7.70. The number of nitrogens with two attached hydrogens (primary N) is 1. The van der Waals surface area contributed by atoms with Crippen molar-refractivity contribution < 1.29 is 4.79 Å². The second-order valence-electron chi connectivity index (χ2n) is 6.69. The first-order valence-electron chi connectivity index (χ1n) is 8.96. The van der Waals surface area contributed by atoms with Crippen molar-refractivity contribution in [1.82, 2.24) is 20.4 Å². The molecule has 0 fully saturated rings. The fraction of sp³-hybridized carbons (Fsp3) is 0.421. The van der Waals surface area contributed by atoms with Crippen LogP contribution in [0.25, 0.3) is 10.9 Å². The molecule has 0 saturated heterocycles. The van der Waals surface area contributed by atoms with Crippen molar-refractivity contribution in [3.05, 3.63) is 40.7 Å². The summed E-state index contributed by atoms with van der Waals surface area (Å²) in [7, 11) is 1.81. The topological polar surface area (TPSA) is 111 Å². The van der Waals surface area contributed by atoms with Gasteiger partial charge in [-0.25, -0.2) is 0 Å². The van der Waals surface area contributed by atoms with Gasteiger partial charge in [0.2, 0.25) is 5.91 Å². The van der Waals surface area contributed by atoms with Gasteiger partial charge in [0.1, 0.15) is 0 Å². The number of hydrogen-bond acceptors (Lipinski definition) is 5. The monoisotopic (exact) mass is 354 g/mol. The molecule has 3 rings (SSSR count). The zero-order valence-corrected chi connectivity index (χ0v) is 15.3. The Morgan fingerprint density at radius 1 is 1.54 bits per heavy atom. The van der Waals surface area contributed by atoms with Crippen molar-refractivity contribution in [2.45, 2.75) is 32.2 Å². The molecule has 1 aromatic heterocycles. The van der Waals surface area contributed by atoms with Gasteiger partial charge in [0.05, 0.1) is 17.8 Å². The molecule has 2 heterocycles. The van der Waals surface area contributed by atoms with Gasteiger partial charge in [-0.15, -0.1) is 0 Å². The van der Waals surface area contributed by atoms with Crippen LogP contribution in [-0.4, -0.2) is 53.4 Å². The number of H-pyrrole nitrogens is 1. The number of fused-ring (bicyclic) bond motifs is 1. The lowest BCUT2D eigenvalue weighted by Gasteiger charge is -2.31. The minimum absolute atomic E-state index is 0.0460. The van der Waals surface area contributed by atoms with Crippen LogP contribution in [0.2, 0.25) is 0 Å². The average Bonchev–Trinajstić information content (AvgIpc) is 3.13. The van der Waals surface area contributed by atoms with E-state index in [1.165, 1.54) is 11.8 Å². The molecule has 0 bridgehead atoms. The zero-order chi connectivity index (χ0) is 18.7. The van der Waals surface area contributed by atoms with Crippen LogP contribution in [0.4, 0.5) is 0 Å². The lowest BCUT2D eigenvalue weighted by molar-refractivity contribution is -0.133. The molecule has 0 radical (unpaired) electrons. The molecule has 7 heteroatoms. The van der Waals surface area contributed by atoms with E-state index in [9.17, 15) is 4.79 Å². The molecule has 0 aliphatic carbocycles. The first kappa shape index (κ1) is 18.1. The van der Waals surface area contributed by atoms with Crippen molar-refractivity contribution in [2.24, 2.45) is 5.73 Å². The number of nitrogens with one attached hydrogen (secondary N) is 3. The lowest BCUT2D eigenvalue weighted by Crippen LogP contribution is -2.49. The van der Waals surface area contributed by atoms with E-state index < -0.39 is 0 Å². The number of hydrogen-bond donors (Lipinski definition) is 4. The fourth-order valence-electron chi connectivity index (χ4n) is 3.49. The highest BCUT2D eigenvalue weighted by atomic mass is 16.2. The number of aryl methyl sites for hydroxylation is 1. The van der Waals surface area contributed by atoms with Crippen molar-refractivity contribution in [3.8, 4) is 0 Å². The highest BCUT2D eigenvalue weighted by Gasteiger charge is 2.27. The van der Waals surface area contributed by atoms with Gasteiger partial charge < -0.3 is 21.4 Å². The molecule has 0 saturated carbocycles. The van der Waals surface area contributed by atoms with E-state index in [0.29, 0.717) is 31.6 Å². The SMILES string of the molecule is CCc1cc(CC(NC)C(=O)N2CCC(N)=C(C=N)C2)cc2cn[nH]c12. The molecule has 138 valence electrons. The van der Waals surface area contributed by atoms with Crippen molar-refractivity contribution in [3.63, 3.8) is 0 Å². The van der Waals surface area contributed by atoms with E-state index in [1.807, 2.05) is 13.2 Å². The Balaban J connectivity index is 1.79. The summed E-state index contributed by atoms with van der Waals surface area (Å²) in [4.78, 5) is 14.8. The predicted molar refractivity (Wildman–Crippen MR) is 103 cm³/mol. The molecular weight excluding hydrogens is 328 g/mol. The summed E-state index contributed by atoms with van der Waals surface area (Å²) >= 11 is 0. The average molecular weight is 354 g/mol. The molecular formula is C19H26N6O. The third-order valence-electron chi connectivity index (χ3n) is 5.07. The van der Waals surface area contributed by atoms with E-state index in [2.05, 4.69) is 34.6 Å². The molecule has 2 aromatic rings. The first-order chi connectivity index (χ1) is 12.6. The van der Waals surface area contributed by atoms with Crippen LogP contribution in [0.3, 0.4) is 0 Å². The van der Waals surface area contributed by atoms with Gasteiger partial charge in [-0.1, -0.05) is 13.0 Å². The van der Waals surface area contributed by atoms with E-state index in [1.54, 1.807) is 4.90 Å². The summed E-state index contributed by atoms with van der Waals surface area (Å²) in [6, 6.07) is 3.93. The maximum Gasteiger partial charge on any atom is 0.240 e. The minimum atomic E-state index is -0.310. The highest BCUT2D eigenvalue weighted by Crippen LogP contribution is 2.21.